The summed E-state index contributed by atoms with van der Waals surface area (Å²) >= 11 is 13.4. The minimum absolute atomic E-state index is 0.0918. The second-order valence-electron chi connectivity index (χ2n) is 6.75. The van der Waals surface area contributed by atoms with Gasteiger partial charge in [-0.25, -0.2) is 0 Å². The van der Waals surface area contributed by atoms with Gasteiger partial charge >= 0.3 is 0 Å². The van der Waals surface area contributed by atoms with Gasteiger partial charge in [-0.2, -0.15) is 0 Å². The van der Waals surface area contributed by atoms with Crippen LogP contribution in [0.3, 0.4) is 0 Å². The summed E-state index contributed by atoms with van der Waals surface area (Å²) in [6, 6.07) is 18.9. The Kier molecular flexibility index (Phi) is 6.80. The van der Waals surface area contributed by atoms with Gasteiger partial charge in [0.2, 0.25) is 0 Å². The first-order valence-corrected chi connectivity index (χ1v) is 11.4. The van der Waals surface area contributed by atoms with E-state index in [0.717, 1.165) is 16.5 Å². The van der Waals surface area contributed by atoms with Crippen LogP contribution in [0, 0.1) is 0 Å². The molecule has 1 heterocycles. The summed E-state index contributed by atoms with van der Waals surface area (Å²) in [6.45, 7) is 2.96. The van der Waals surface area contributed by atoms with Crippen LogP contribution in [0.5, 0.6) is 5.75 Å². The number of thioether (sulfide) groups is 1. The highest BCUT2D eigenvalue weighted by molar-refractivity contribution is 7.99. The molecule has 0 bridgehead atoms. The number of Topliss-reactive ketones (excluding diaryl/α,β-unsaturated/α-hetero) is 1. The van der Waals surface area contributed by atoms with Crippen molar-refractivity contribution in [3.05, 3.63) is 82.1 Å². The van der Waals surface area contributed by atoms with Crippen LogP contribution < -0.4 is 4.74 Å². The number of aromatic nitrogens is 3. The number of hydrogen-bond acceptors (Lipinski definition) is 5. The fourth-order valence-corrected chi connectivity index (χ4v) is 4.66. The number of rotatable bonds is 8. The predicted molar refractivity (Wildman–Crippen MR) is 125 cm³/mol. The molecule has 0 aliphatic heterocycles. The molecule has 0 aliphatic rings. The number of carbonyl (C=O) groups excluding carboxylic acids is 1. The summed E-state index contributed by atoms with van der Waals surface area (Å²) in [6.07, 6.45) is 0. The van der Waals surface area contributed by atoms with Crippen LogP contribution in [0.25, 0.3) is 10.8 Å². The maximum Gasteiger partial charge on any atom is 0.191 e. The second kappa shape index (κ2) is 9.73. The lowest BCUT2D eigenvalue weighted by Crippen LogP contribution is -2.08. The number of ether oxygens (including phenoxy) is 1. The van der Waals surface area contributed by atoms with Crippen LogP contribution in [-0.4, -0.2) is 26.3 Å². The van der Waals surface area contributed by atoms with E-state index in [1.54, 1.807) is 18.2 Å². The standard InChI is InChI=1S/C23H19Cl2N3O2S/c1-2-28-22(13-30-21-9-5-7-15-6-3-4-8-17(15)21)26-27-23(28)31-14-20(29)18-11-10-16(24)12-19(18)25/h3-12H,2,13-14H2,1H3. The van der Waals surface area contributed by atoms with Gasteiger partial charge in [0, 0.05) is 22.5 Å². The highest BCUT2D eigenvalue weighted by atomic mass is 35.5. The zero-order valence-electron chi connectivity index (χ0n) is 16.7. The Morgan fingerprint density at radius 2 is 1.87 bits per heavy atom. The Bertz CT molecular complexity index is 1240. The highest BCUT2D eigenvalue weighted by Crippen LogP contribution is 2.27. The maximum atomic E-state index is 12.6. The number of benzene rings is 3. The molecule has 5 nitrogen and oxygen atoms in total. The van der Waals surface area contributed by atoms with Crippen molar-refractivity contribution < 1.29 is 9.53 Å². The summed E-state index contributed by atoms with van der Waals surface area (Å²) in [5, 5.41) is 12.2. The number of carbonyl (C=O) groups is 1. The summed E-state index contributed by atoms with van der Waals surface area (Å²) in [4.78, 5) is 12.6. The Morgan fingerprint density at radius 1 is 1.06 bits per heavy atom. The third-order valence-corrected chi connectivity index (χ3v) is 6.29. The molecule has 0 saturated carbocycles. The van der Waals surface area contributed by atoms with Gasteiger partial charge in [0.1, 0.15) is 12.4 Å². The van der Waals surface area contributed by atoms with E-state index in [1.807, 2.05) is 41.8 Å². The SMILES string of the molecule is CCn1c(COc2cccc3ccccc23)nnc1SCC(=O)c1ccc(Cl)cc1Cl. The smallest absolute Gasteiger partial charge is 0.191 e. The largest absolute Gasteiger partial charge is 0.485 e. The Hall–Kier alpha value is -2.54. The van der Waals surface area contributed by atoms with Crippen LogP contribution in [0.4, 0.5) is 0 Å². The number of fused-ring (bicyclic) bond motifs is 1. The van der Waals surface area contributed by atoms with Crippen LogP contribution in [0.15, 0.2) is 65.8 Å². The number of nitrogens with zero attached hydrogens (tertiary/aromatic N) is 3. The van der Waals surface area contributed by atoms with Crippen molar-refractivity contribution in [3.63, 3.8) is 0 Å². The Morgan fingerprint density at radius 3 is 2.68 bits per heavy atom. The van der Waals surface area contributed by atoms with Crippen molar-refractivity contribution in [1.29, 1.82) is 0 Å². The van der Waals surface area contributed by atoms with Crippen molar-refractivity contribution in [2.24, 2.45) is 0 Å². The van der Waals surface area contributed by atoms with Gasteiger partial charge in [-0.05, 0) is 36.6 Å². The highest BCUT2D eigenvalue weighted by Gasteiger charge is 2.16. The number of halogens is 2. The third-order valence-electron chi connectivity index (χ3n) is 4.78. The van der Waals surface area contributed by atoms with Crippen molar-refractivity contribution in [2.75, 3.05) is 5.75 Å². The van der Waals surface area contributed by atoms with Gasteiger partial charge in [-0.1, -0.05) is 71.4 Å². The van der Waals surface area contributed by atoms with E-state index >= 15 is 0 Å². The van der Waals surface area contributed by atoms with E-state index in [9.17, 15) is 4.79 Å². The molecule has 0 spiro atoms. The first-order valence-electron chi connectivity index (χ1n) is 9.70. The first kappa shape index (κ1) is 21.7. The molecule has 0 unspecified atom stereocenters. The first-order chi connectivity index (χ1) is 15.1. The van der Waals surface area contributed by atoms with E-state index in [0.29, 0.717) is 33.1 Å². The van der Waals surface area contributed by atoms with Crippen LogP contribution >= 0.6 is 35.0 Å². The summed E-state index contributed by atoms with van der Waals surface area (Å²) in [5.74, 6) is 1.61. The van der Waals surface area contributed by atoms with E-state index < -0.39 is 0 Å². The monoisotopic (exact) mass is 471 g/mol. The van der Waals surface area contributed by atoms with Gasteiger partial charge in [0.05, 0.1) is 10.8 Å². The number of ketones is 1. The van der Waals surface area contributed by atoms with E-state index in [4.69, 9.17) is 27.9 Å². The lowest BCUT2D eigenvalue weighted by molar-refractivity contribution is 0.102. The Labute approximate surface area is 194 Å². The molecule has 158 valence electrons. The fourth-order valence-electron chi connectivity index (χ4n) is 3.24. The molecule has 0 radical (unpaired) electrons. The lowest BCUT2D eigenvalue weighted by atomic mass is 10.1. The van der Waals surface area contributed by atoms with Gasteiger partial charge in [-0.3, -0.25) is 4.79 Å². The zero-order valence-corrected chi connectivity index (χ0v) is 19.0. The molecular formula is C23H19Cl2N3O2S. The van der Waals surface area contributed by atoms with Gasteiger partial charge in [0.15, 0.2) is 16.8 Å². The molecule has 0 aliphatic carbocycles. The summed E-state index contributed by atoms with van der Waals surface area (Å²) in [5.41, 5.74) is 0.445. The second-order valence-corrected chi connectivity index (χ2v) is 8.53. The molecule has 0 N–H and O–H groups in total. The van der Waals surface area contributed by atoms with Crippen molar-refractivity contribution >= 4 is 51.5 Å². The topological polar surface area (TPSA) is 57.0 Å². The normalized spacial score (nSPS) is 11.1. The molecule has 3 aromatic carbocycles. The van der Waals surface area contributed by atoms with Gasteiger partial charge in [0.25, 0.3) is 0 Å². The van der Waals surface area contributed by atoms with E-state index in [-0.39, 0.29) is 18.1 Å². The summed E-state index contributed by atoms with van der Waals surface area (Å²) in [7, 11) is 0. The fraction of sp³-hybridized carbons (Fsp3) is 0.174. The van der Waals surface area contributed by atoms with Crippen LogP contribution in [0.1, 0.15) is 23.1 Å². The van der Waals surface area contributed by atoms with Crippen LogP contribution in [-0.2, 0) is 13.2 Å². The summed E-state index contributed by atoms with van der Waals surface area (Å²) < 4.78 is 8.00. The van der Waals surface area contributed by atoms with Crippen molar-refractivity contribution in [1.82, 2.24) is 14.8 Å². The lowest BCUT2D eigenvalue weighted by Gasteiger charge is -2.10. The quantitative estimate of drug-likeness (QED) is 0.222. The molecule has 4 rings (SSSR count). The molecular weight excluding hydrogens is 453 g/mol. The van der Waals surface area contributed by atoms with Crippen molar-refractivity contribution in [3.8, 4) is 5.75 Å². The molecule has 8 heteroatoms. The molecule has 0 atom stereocenters. The average Bonchev–Trinajstić information content (AvgIpc) is 3.17. The maximum absolute atomic E-state index is 12.6. The molecule has 4 aromatic rings. The minimum Gasteiger partial charge on any atom is -0.485 e. The molecule has 31 heavy (non-hydrogen) atoms. The zero-order chi connectivity index (χ0) is 21.8. The molecule has 0 amide bonds. The molecule has 1 aromatic heterocycles. The van der Waals surface area contributed by atoms with Crippen molar-refractivity contribution in [2.45, 2.75) is 25.2 Å². The number of hydrogen-bond donors (Lipinski definition) is 0. The predicted octanol–water partition coefficient (Wildman–Crippen LogP) is 6.31. The third kappa shape index (κ3) is 4.87. The van der Waals surface area contributed by atoms with E-state index in [2.05, 4.69) is 22.3 Å². The average molecular weight is 472 g/mol. The van der Waals surface area contributed by atoms with Gasteiger partial charge in [-0.15, -0.1) is 10.2 Å². The van der Waals surface area contributed by atoms with Gasteiger partial charge < -0.3 is 9.30 Å². The van der Waals surface area contributed by atoms with E-state index in [1.165, 1.54) is 11.8 Å². The Balaban J connectivity index is 1.45. The van der Waals surface area contributed by atoms with Crippen LogP contribution in [0.2, 0.25) is 10.0 Å². The molecule has 0 fully saturated rings. The minimum atomic E-state index is -0.0918. The molecule has 0 saturated heterocycles.